The fourth-order valence-corrected chi connectivity index (χ4v) is 2.10. The summed E-state index contributed by atoms with van der Waals surface area (Å²) < 4.78 is 14.9. The number of benzene rings is 1. The van der Waals surface area contributed by atoms with E-state index in [1.165, 1.54) is 6.07 Å². The van der Waals surface area contributed by atoms with E-state index in [2.05, 4.69) is 17.1 Å². The first-order valence-electron chi connectivity index (χ1n) is 5.63. The number of aromatic nitrogens is 3. The van der Waals surface area contributed by atoms with Gasteiger partial charge >= 0.3 is 0 Å². The second-order valence-corrected chi connectivity index (χ2v) is 4.72. The summed E-state index contributed by atoms with van der Waals surface area (Å²) in [5, 5.41) is 8.30. The molecule has 6 heteroatoms. The molecule has 0 saturated heterocycles. The molecule has 0 amide bonds. The highest BCUT2D eigenvalue weighted by atomic mass is 35.5. The van der Waals surface area contributed by atoms with Crippen molar-refractivity contribution < 1.29 is 4.39 Å². The molecule has 3 nitrogen and oxygen atoms in total. The topological polar surface area (TPSA) is 30.7 Å². The van der Waals surface area contributed by atoms with Gasteiger partial charge in [0.15, 0.2) is 0 Å². The lowest BCUT2D eigenvalue weighted by Crippen LogP contribution is -2.05. The largest absolute Gasteiger partial charge is 0.297 e. The molecule has 0 aliphatic heterocycles. The Hall–Kier alpha value is -1.13. The number of rotatable bonds is 4. The minimum absolute atomic E-state index is 0.105. The summed E-state index contributed by atoms with van der Waals surface area (Å²) in [5.74, 6) is 0.395. The Morgan fingerprint density at radius 2 is 2.06 bits per heavy atom. The molecule has 0 atom stereocenters. The maximum Gasteiger partial charge on any atom is 0.225 e. The van der Waals surface area contributed by atoms with E-state index in [1.54, 1.807) is 16.7 Å². The zero-order valence-corrected chi connectivity index (χ0v) is 11.3. The third-order valence-corrected chi connectivity index (χ3v) is 3.15. The van der Waals surface area contributed by atoms with E-state index in [1.807, 2.05) is 0 Å². The van der Waals surface area contributed by atoms with Gasteiger partial charge in [-0.3, -0.25) is 4.57 Å². The normalized spacial score (nSPS) is 10.9. The van der Waals surface area contributed by atoms with Gasteiger partial charge in [0, 0.05) is 6.42 Å². The predicted molar refractivity (Wildman–Crippen MR) is 69.5 cm³/mol. The molecule has 0 aliphatic rings. The average Bonchev–Trinajstić information content (AvgIpc) is 2.67. The molecule has 0 fully saturated rings. The van der Waals surface area contributed by atoms with Gasteiger partial charge in [-0.15, -0.1) is 10.2 Å². The van der Waals surface area contributed by atoms with Crippen LogP contribution >= 0.6 is 23.2 Å². The first-order valence-corrected chi connectivity index (χ1v) is 6.39. The van der Waals surface area contributed by atoms with Crippen LogP contribution in [0.1, 0.15) is 24.7 Å². The van der Waals surface area contributed by atoms with Gasteiger partial charge in [0.2, 0.25) is 5.28 Å². The Morgan fingerprint density at radius 3 is 2.72 bits per heavy atom. The maximum atomic E-state index is 13.1. The van der Waals surface area contributed by atoms with E-state index in [4.69, 9.17) is 23.2 Å². The molecular formula is C12H12Cl2FN3. The minimum Gasteiger partial charge on any atom is -0.297 e. The van der Waals surface area contributed by atoms with Gasteiger partial charge in [0.05, 0.1) is 11.6 Å². The van der Waals surface area contributed by atoms with E-state index in [9.17, 15) is 4.39 Å². The molecule has 0 unspecified atom stereocenters. The standard InChI is InChI=1S/C12H12Cl2FN3/c1-2-3-11-16-17-12(14)18(11)7-8-4-5-10(15)9(13)6-8/h4-6H,2-3,7H2,1H3. The van der Waals surface area contributed by atoms with Crippen LogP contribution in [0, 0.1) is 5.82 Å². The average molecular weight is 288 g/mol. The summed E-state index contributed by atoms with van der Waals surface area (Å²) in [4.78, 5) is 0. The molecule has 0 aliphatic carbocycles. The lowest BCUT2D eigenvalue weighted by atomic mass is 10.2. The van der Waals surface area contributed by atoms with Crippen molar-refractivity contribution in [3.05, 3.63) is 45.7 Å². The molecule has 0 radical (unpaired) electrons. The first kappa shape index (κ1) is 13.3. The molecule has 0 saturated carbocycles. The SMILES string of the molecule is CCCc1nnc(Cl)n1Cc1ccc(F)c(Cl)c1. The van der Waals surface area contributed by atoms with Crippen molar-refractivity contribution in [3.63, 3.8) is 0 Å². The van der Waals surface area contributed by atoms with Gasteiger partial charge in [-0.1, -0.05) is 24.6 Å². The monoisotopic (exact) mass is 287 g/mol. The summed E-state index contributed by atoms with van der Waals surface area (Å²) >= 11 is 11.7. The molecular weight excluding hydrogens is 276 g/mol. The van der Waals surface area contributed by atoms with Crippen molar-refractivity contribution in [2.75, 3.05) is 0 Å². The van der Waals surface area contributed by atoms with Crippen LogP contribution in [-0.2, 0) is 13.0 Å². The molecule has 1 heterocycles. The highest BCUT2D eigenvalue weighted by Gasteiger charge is 2.10. The van der Waals surface area contributed by atoms with Crippen LogP contribution in [0.25, 0.3) is 0 Å². The Bertz CT molecular complexity index is 554. The molecule has 2 aromatic rings. The van der Waals surface area contributed by atoms with Gasteiger partial charge in [0.25, 0.3) is 0 Å². The summed E-state index contributed by atoms with van der Waals surface area (Å²) in [5.41, 5.74) is 0.862. The summed E-state index contributed by atoms with van der Waals surface area (Å²) in [7, 11) is 0. The fourth-order valence-electron chi connectivity index (χ4n) is 1.70. The quantitative estimate of drug-likeness (QED) is 0.858. The Morgan fingerprint density at radius 1 is 1.28 bits per heavy atom. The van der Waals surface area contributed by atoms with E-state index in [0.717, 1.165) is 24.2 Å². The van der Waals surface area contributed by atoms with Crippen molar-refractivity contribution in [1.29, 1.82) is 0 Å². The van der Waals surface area contributed by atoms with Gasteiger partial charge in [-0.05, 0) is 35.7 Å². The Labute approximate surface area is 115 Å². The van der Waals surface area contributed by atoms with Crippen molar-refractivity contribution in [1.82, 2.24) is 14.8 Å². The van der Waals surface area contributed by atoms with Crippen LogP contribution in [0.4, 0.5) is 4.39 Å². The highest BCUT2D eigenvalue weighted by Crippen LogP contribution is 2.19. The maximum absolute atomic E-state index is 13.1. The van der Waals surface area contributed by atoms with Crippen LogP contribution in [0.2, 0.25) is 10.3 Å². The minimum atomic E-state index is -0.427. The van der Waals surface area contributed by atoms with Crippen LogP contribution in [0.15, 0.2) is 18.2 Å². The summed E-state index contributed by atoms with van der Waals surface area (Å²) in [6.07, 6.45) is 1.76. The van der Waals surface area contributed by atoms with Crippen molar-refractivity contribution >= 4 is 23.2 Å². The second kappa shape index (κ2) is 5.67. The molecule has 96 valence electrons. The lowest BCUT2D eigenvalue weighted by molar-refractivity contribution is 0.626. The molecule has 0 bridgehead atoms. The van der Waals surface area contributed by atoms with Crippen LogP contribution < -0.4 is 0 Å². The van der Waals surface area contributed by atoms with E-state index < -0.39 is 5.82 Å². The molecule has 1 aromatic heterocycles. The molecule has 1 aromatic carbocycles. The third kappa shape index (κ3) is 2.82. The predicted octanol–water partition coefficient (Wildman–Crippen LogP) is 3.72. The summed E-state index contributed by atoms with van der Waals surface area (Å²) in [6, 6.07) is 4.60. The van der Waals surface area contributed by atoms with E-state index in [0.29, 0.717) is 11.8 Å². The molecule has 2 rings (SSSR count). The number of hydrogen-bond acceptors (Lipinski definition) is 2. The smallest absolute Gasteiger partial charge is 0.225 e. The molecule has 18 heavy (non-hydrogen) atoms. The summed E-state index contributed by atoms with van der Waals surface area (Å²) in [6.45, 7) is 2.54. The fraction of sp³-hybridized carbons (Fsp3) is 0.333. The second-order valence-electron chi connectivity index (χ2n) is 3.97. The van der Waals surface area contributed by atoms with Crippen LogP contribution in [0.3, 0.4) is 0 Å². The van der Waals surface area contributed by atoms with Crippen molar-refractivity contribution in [2.24, 2.45) is 0 Å². The molecule has 0 N–H and O–H groups in total. The van der Waals surface area contributed by atoms with Gasteiger partial charge < -0.3 is 0 Å². The van der Waals surface area contributed by atoms with Gasteiger partial charge in [-0.25, -0.2) is 4.39 Å². The zero-order valence-electron chi connectivity index (χ0n) is 9.83. The number of nitrogens with zero attached hydrogens (tertiary/aromatic N) is 3. The van der Waals surface area contributed by atoms with E-state index in [-0.39, 0.29) is 5.02 Å². The third-order valence-electron chi connectivity index (χ3n) is 2.58. The van der Waals surface area contributed by atoms with Crippen molar-refractivity contribution in [3.8, 4) is 0 Å². The van der Waals surface area contributed by atoms with Gasteiger partial charge in [-0.2, -0.15) is 0 Å². The van der Waals surface area contributed by atoms with Crippen LogP contribution in [0.5, 0.6) is 0 Å². The Kier molecular flexibility index (Phi) is 4.19. The lowest BCUT2D eigenvalue weighted by Gasteiger charge is -2.08. The number of hydrogen-bond donors (Lipinski definition) is 0. The van der Waals surface area contributed by atoms with Crippen LogP contribution in [-0.4, -0.2) is 14.8 Å². The number of halogens is 3. The van der Waals surface area contributed by atoms with Crippen molar-refractivity contribution in [2.45, 2.75) is 26.3 Å². The zero-order chi connectivity index (χ0) is 13.1. The highest BCUT2D eigenvalue weighted by molar-refractivity contribution is 6.30. The Balaban J connectivity index is 2.27. The first-order chi connectivity index (χ1) is 8.61. The number of aryl methyl sites for hydroxylation is 1. The van der Waals surface area contributed by atoms with E-state index >= 15 is 0 Å². The van der Waals surface area contributed by atoms with Gasteiger partial charge in [0.1, 0.15) is 11.6 Å². The molecule has 0 spiro atoms.